The first-order valence-corrected chi connectivity index (χ1v) is 7.68. The second-order valence-electron chi connectivity index (χ2n) is 5.96. The van der Waals surface area contributed by atoms with Gasteiger partial charge in [0.15, 0.2) is 0 Å². The maximum atomic E-state index is 11.2. The lowest BCUT2D eigenvalue weighted by atomic mass is 9.82. The second-order valence-corrected chi connectivity index (χ2v) is 5.96. The van der Waals surface area contributed by atoms with E-state index >= 15 is 0 Å². The third kappa shape index (κ3) is 3.20. The molecule has 0 saturated carbocycles. The molecule has 1 aliphatic rings. The summed E-state index contributed by atoms with van der Waals surface area (Å²) in [7, 11) is 1.91. The predicted molar refractivity (Wildman–Crippen MR) is 84.0 cm³/mol. The van der Waals surface area contributed by atoms with Crippen LogP contribution < -0.4 is 5.32 Å². The highest BCUT2D eigenvalue weighted by atomic mass is 16.4. The van der Waals surface area contributed by atoms with Gasteiger partial charge in [0.1, 0.15) is 0 Å². The summed E-state index contributed by atoms with van der Waals surface area (Å²) in [4.78, 5) is 11.2. The Morgan fingerprint density at radius 2 is 2.36 bits per heavy atom. The minimum Gasteiger partial charge on any atom is -0.478 e. The molecular weight excluding hydrogens is 278 g/mol. The number of carboxylic acid groups (broad SMARTS) is 1. The first-order chi connectivity index (χ1) is 10.6. The highest BCUT2D eigenvalue weighted by molar-refractivity contribution is 5.88. The van der Waals surface area contributed by atoms with Gasteiger partial charge in [-0.1, -0.05) is 6.07 Å². The van der Waals surface area contributed by atoms with E-state index in [1.54, 1.807) is 10.7 Å². The van der Waals surface area contributed by atoms with E-state index in [0.29, 0.717) is 11.5 Å². The van der Waals surface area contributed by atoms with E-state index in [1.165, 1.54) is 17.5 Å². The molecule has 116 valence electrons. The summed E-state index contributed by atoms with van der Waals surface area (Å²) in [5.41, 5.74) is 4.05. The SMILES string of the molecule is Cn1cc(CNCC2CCCc3ccc(C(=O)O)cc32)cn1. The highest BCUT2D eigenvalue weighted by Gasteiger charge is 2.21. The Kier molecular flexibility index (Phi) is 4.24. The fourth-order valence-corrected chi connectivity index (χ4v) is 3.20. The lowest BCUT2D eigenvalue weighted by molar-refractivity contribution is 0.0696. The summed E-state index contributed by atoms with van der Waals surface area (Å²) in [5.74, 6) is -0.463. The van der Waals surface area contributed by atoms with E-state index in [0.717, 1.165) is 31.5 Å². The average Bonchev–Trinajstić information content (AvgIpc) is 2.92. The molecule has 1 atom stereocenters. The van der Waals surface area contributed by atoms with Gasteiger partial charge in [0.2, 0.25) is 0 Å². The molecule has 0 spiro atoms. The number of nitrogens with zero attached hydrogens (tertiary/aromatic N) is 2. The molecule has 1 aromatic heterocycles. The van der Waals surface area contributed by atoms with Gasteiger partial charge in [-0.25, -0.2) is 4.79 Å². The fourth-order valence-electron chi connectivity index (χ4n) is 3.20. The molecule has 2 aromatic rings. The largest absolute Gasteiger partial charge is 0.478 e. The maximum Gasteiger partial charge on any atom is 0.335 e. The molecule has 1 aromatic carbocycles. The number of aromatic nitrogens is 2. The summed E-state index contributed by atoms with van der Waals surface area (Å²) in [6, 6.07) is 5.55. The molecule has 0 amide bonds. The Labute approximate surface area is 130 Å². The smallest absolute Gasteiger partial charge is 0.335 e. The number of fused-ring (bicyclic) bond motifs is 1. The number of rotatable bonds is 5. The molecule has 1 heterocycles. The molecule has 3 rings (SSSR count). The summed E-state index contributed by atoms with van der Waals surface area (Å²) in [6.45, 7) is 1.66. The highest BCUT2D eigenvalue weighted by Crippen LogP contribution is 2.32. The van der Waals surface area contributed by atoms with Crippen molar-refractivity contribution in [2.45, 2.75) is 31.7 Å². The number of hydrogen-bond donors (Lipinski definition) is 2. The van der Waals surface area contributed by atoms with Crippen molar-refractivity contribution in [3.63, 3.8) is 0 Å². The Morgan fingerprint density at radius 3 is 3.09 bits per heavy atom. The van der Waals surface area contributed by atoms with Gasteiger partial charge in [0.05, 0.1) is 11.8 Å². The number of carbonyl (C=O) groups is 1. The number of hydrogen-bond acceptors (Lipinski definition) is 3. The van der Waals surface area contributed by atoms with E-state index in [4.69, 9.17) is 0 Å². The first kappa shape index (κ1) is 14.8. The molecule has 1 aliphatic carbocycles. The van der Waals surface area contributed by atoms with Crippen LogP contribution in [-0.2, 0) is 20.0 Å². The van der Waals surface area contributed by atoms with Gasteiger partial charge >= 0.3 is 5.97 Å². The van der Waals surface area contributed by atoms with E-state index in [-0.39, 0.29) is 0 Å². The lowest BCUT2D eigenvalue weighted by Gasteiger charge is -2.26. The van der Waals surface area contributed by atoms with E-state index < -0.39 is 5.97 Å². The minimum absolute atomic E-state index is 0.387. The molecule has 0 fully saturated rings. The van der Waals surface area contributed by atoms with Crippen LogP contribution >= 0.6 is 0 Å². The van der Waals surface area contributed by atoms with Crippen molar-refractivity contribution >= 4 is 5.97 Å². The number of nitrogens with one attached hydrogen (secondary N) is 1. The molecular formula is C17H21N3O2. The third-order valence-electron chi connectivity index (χ3n) is 4.31. The van der Waals surface area contributed by atoms with Crippen LogP contribution in [-0.4, -0.2) is 27.4 Å². The zero-order valence-corrected chi connectivity index (χ0v) is 12.7. The second kappa shape index (κ2) is 6.32. The van der Waals surface area contributed by atoms with Gasteiger partial charge in [0.25, 0.3) is 0 Å². The van der Waals surface area contributed by atoms with Crippen LogP contribution in [0.5, 0.6) is 0 Å². The summed E-state index contributed by atoms with van der Waals surface area (Å²) < 4.78 is 1.80. The monoisotopic (exact) mass is 299 g/mol. The van der Waals surface area contributed by atoms with Gasteiger partial charge in [0, 0.05) is 31.9 Å². The molecule has 1 unspecified atom stereocenters. The lowest BCUT2D eigenvalue weighted by Crippen LogP contribution is -2.24. The number of aromatic carboxylic acids is 1. The zero-order valence-electron chi connectivity index (χ0n) is 12.7. The quantitative estimate of drug-likeness (QED) is 0.889. The topological polar surface area (TPSA) is 67.2 Å². The summed E-state index contributed by atoms with van der Waals surface area (Å²) in [6.07, 6.45) is 7.19. The van der Waals surface area contributed by atoms with Crippen molar-refractivity contribution < 1.29 is 9.90 Å². The Balaban J connectivity index is 1.68. The van der Waals surface area contributed by atoms with Gasteiger partial charge in [-0.3, -0.25) is 4.68 Å². The van der Waals surface area contributed by atoms with Gasteiger partial charge in [-0.05, 0) is 48.4 Å². The molecule has 5 nitrogen and oxygen atoms in total. The van der Waals surface area contributed by atoms with Gasteiger partial charge in [-0.15, -0.1) is 0 Å². The first-order valence-electron chi connectivity index (χ1n) is 7.68. The van der Waals surface area contributed by atoms with Crippen LogP contribution in [0.3, 0.4) is 0 Å². The van der Waals surface area contributed by atoms with Crippen LogP contribution in [0.15, 0.2) is 30.6 Å². The average molecular weight is 299 g/mol. The maximum absolute atomic E-state index is 11.2. The molecule has 0 radical (unpaired) electrons. The molecule has 0 bridgehead atoms. The standard InChI is InChI=1S/C17H21N3O2/c1-20-11-12(9-19-20)8-18-10-15-4-2-3-13-5-6-14(17(21)22)7-16(13)15/h5-7,9,11,15,18H,2-4,8,10H2,1H3,(H,21,22). The van der Waals surface area contributed by atoms with Crippen LogP contribution in [0.1, 0.15) is 45.8 Å². The van der Waals surface area contributed by atoms with Crippen LogP contribution in [0.25, 0.3) is 0 Å². The summed E-state index contributed by atoms with van der Waals surface area (Å²) in [5, 5.41) is 16.8. The molecule has 0 saturated heterocycles. The van der Waals surface area contributed by atoms with E-state index in [2.05, 4.69) is 10.4 Å². The normalized spacial score (nSPS) is 17.2. The third-order valence-corrected chi connectivity index (χ3v) is 4.31. The van der Waals surface area contributed by atoms with Crippen molar-refractivity contribution in [3.8, 4) is 0 Å². The number of carboxylic acids is 1. The zero-order chi connectivity index (χ0) is 15.5. The van der Waals surface area contributed by atoms with Crippen molar-refractivity contribution in [3.05, 3.63) is 52.8 Å². The molecule has 0 aliphatic heterocycles. The van der Waals surface area contributed by atoms with Crippen molar-refractivity contribution in [1.29, 1.82) is 0 Å². The molecule has 2 N–H and O–H groups in total. The van der Waals surface area contributed by atoms with Crippen LogP contribution in [0.4, 0.5) is 0 Å². The predicted octanol–water partition coefficient (Wildman–Crippen LogP) is 2.33. The van der Waals surface area contributed by atoms with Crippen molar-refractivity contribution in [2.24, 2.45) is 7.05 Å². The van der Waals surface area contributed by atoms with Crippen molar-refractivity contribution in [2.75, 3.05) is 6.54 Å². The Morgan fingerprint density at radius 1 is 1.50 bits per heavy atom. The molecule has 5 heteroatoms. The Hall–Kier alpha value is -2.14. The van der Waals surface area contributed by atoms with Gasteiger partial charge in [-0.2, -0.15) is 5.10 Å². The van der Waals surface area contributed by atoms with Gasteiger partial charge < -0.3 is 10.4 Å². The minimum atomic E-state index is -0.851. The van der Waals surface area contributed by atoms with E-state index in [9.17, 15) is 9.90 Å². The van der Waals surface area contributed by atoms with E-state index in [1.807, 2.05) is 31.6 Å². The number of benzene rings is 1. The number of aryl methyl sites for hydroxylation is 2. The van der Waals surface area contributed by atoms with Crippen LogP contribution in [0.2, 0.25) is 0 Å². The molecule has 22 heavy (non-hydrogen) atoms. The van der Waals surface area contributed by atoms with Crippen molar-refractivity contribution in [1.82, 2.24) is 15.1 Å². The fraction of sp³-hybridized carbons (Fsp3) is 0.412. The summed E-state index contributed by atoms with van der Waals surface area (Å²) >= 11 is 0. The van der Waals surface area contributed by atoms with Crippen LogP contribution in [0, 0.1) is 0 Å². The Bertz CT molecular complexity index is 678.